The van der Waals surface area contributed by atoms with Gasteiger partial charge in [0, 0.05) is 43.5 Å². The van der Waals surface area contributed by atoms with Gasteiger partial charge in [0.25, 0.3) is 0 Å². The number of aryl methyl sites for hydroxylation is 2. The van der Waals surface area contributed by atoms with E-state index in [0.29, 0.717) is 0 Å². The summed E-state index contributed by atoms with van der Waals surface area (Å²) in [6.07, 6.45) is 1.95. The molecule has 4 rings (SSSR count). The van der Waals surface area contributed by atoms with Crippen molar-refractivity contribution in [3.8, 4) is 11.1 Å². The minimum atomic E-state index is 0.800. The van der Waals surface area contributed by atoms with Gasteiger partial charge in [-0.25, -0.2) is 4.98 Å². The predicted octanol–water partition coefficient (Wildman–Crippen LogP) is 2.35. The van der Waals surface area contributed by atoms with Crippen molar-refractivity contribution < 1.29 is 4.52 Å². The molecule has 0 bridgehead atoms. The zero-order chi connectivity index (χ0) is 15.3. The Bertz CT molecular complexity index is 645. The second-order valence-corrected chi connectivity index (χ2v) is 6.75. The molecule has 2 fully saturated rings. The highest BCUT2D eigenvalue weighted by Gasteiger charge is 2.38. The Kier molecular flexibility index (Phi) is 3.18. The lowest BCUT2D eigenvalue weighted by atomic mass is 10.0. The predicted molar refractivity (Wildman–Crippen MR) is 85.9 cm³/mol. The van der Waals surface area contributed by atoms with Gasteiger partial charge in [0.2, 0.25) is 0 Å². The first kappa shape index (κ1) is 13.8. The van der Waals surface area contributed by atoms with Gasteiger partial charge in [0.15, 0.2) is 0 Å². The minimum absolute atomic E-state index is 0.800. The van der Waals surface area contributed by atoms with Crippen molar-refractivity contribution in [3.63, 3.8) is 0 Å². The van der Waals surface area contributed by atoms with Crippen molar-refractivity contribution in [1.82, 2.24) is 15.0 Å². The lowest BCUT2D eigenvalue weighted by Gasteiger charge is -2.20. The van der Waals surface area contributed by atoms with Crippen molar-refractivity contribution in [3.05, 3.63) is 29.8 Å². The van der Waals surface area contributed by atoms with E-state index >= 15 is 0 Å². The van der Waals surface area contributed by atoms with Crippen LogP contribution < -0.4 is 4.90 Å². The van der Waals surface area contributed by atoms with Crippen LogP contribution in [0.15, 0.2) is 22.9 Å². The fourth-order valence-electron chi connectivity index (χ4n) is 4.03. The van der Waals surface area contributed by atoms with Crippen LogP contribution in [0.25, 0.3) is 11.1 Å². The molecule has 0 aromatic carbocycles. The SMILES string of the molecule is Cc1noc(C)c1-c1ccc(N2CC3CN(C)CC3C2)nc1. The number of anilines is 1. The van der Waals surface area contributed by atoms with Gasteiger partial charge in [-0.3, -0.25) is 0 Å². The summed E-state index contributed by atoms with van der Waals surface area (Å²) in [6, 6.07) is 4.26. The van der Waals surface area contributed by atoms with Crippen molar-refractivity contribution in [2.45, 2.75) is 13.8 Å². The Hall–Kier alpha value is -1.88. The van der Waals surface area contributed by atoms with E-state index in [1.165, 1.54) is 13.1 Å². The van der Waals surface area contributed by atoms with Gasteiger partial charge in [-0.2, -0.15) is 0 Å². The van der Waals surface area contributed by atoms with Gasteiger partial charge >= 0.3 is 0 Å². The van der Waals surface area contributed by atoms with Crippen molar-refractivity contribution in [1.29, 1.82) is 0 Å². The Balaban J connectivity index is 1.54. The maximum absolute atomic E-state index is 5.25. The van der Waals surface area contributed by atoms with Crippen molar-refractivity contribution in [2.24, 2.45) is 11.8 Å². The molecule has 4 heterocycles. The molecule has 2 saturated heterocycles. The van der Waals surface area contributed by atoms with Crippen LogP contribution in [0.3, 0.4) is 0 Å². The highest BCUT2D eigenvalue weighted by atomic mass is 16.5. The Morgan fingerprint density at radius 2 is 1.82 bits per heavy atom. The van der Waals surface area contributed by atoms with Gasteiger partial charge in [-0.05, 0) is 44.9 Å². The van der Waals surface area contributed by atoms with Gasteiger partial charge in [0.05, 0.1) is 5.69 Å². The summed E-state index contributed by atoms with van der Waals surface area (Å²) in [4.78, 5) is 9.56. The van der Waals surface area contributed by atoms with E-state index in [1.54, 1.807) is 0 Å². The van der Waals surface area contributed by atoms with Crippen molar-refractivity contribution in [2.75, 3.05) is 38.1 Å². The van der Waals surface area contributed by atoms with E-state index in [2.05, 4.69) is 39.1 Å². The molecule has 5 nitrogen and oxygen atoms in total. The zero-order valence-electron chi connectivity index (χ0n) is 13.4. The zero-order valence-corrected chi connectivity index (χ0v) is 13.4. The molecule has 116 valence electrons. The normalized spacial score (nSPS) is 25.0. The van der Waals surface area contributed by atoms with Crippen LogP contribution in [-0.2, 0) is 0 Å². The van der Waals surface area contributed by atoms with Gasteiger partial charge in [0.1, 0.15) is 11.6 Å². The first-order valence-electron chi connectivity index (χ1n) is 7.94. The van der Waals surface area contributed by atoms with Gasteiger partial charge in [-0.1, -0.05) is 5.16 Å². The van der Waals surface area contributed by atoms with Crippen LogP contribution in [-0.4, -0.2) is 48.3 Å². The summed E-state index contributed by atoms with van der Waals surface area (Å²) >= 11 is 0. The standard InChI is InChI=1S/C17H22N4O/c1-11-17(12(2)22-19-11)13-4-5-16(18-6-13)21-9-14-7-20(3)8-15(14)10-21/h4-6,14-15H,7-10H2,1-3H3. The van der Waals surface area contributed by atoms with E-state index in [9.17, 15) is 0 Å². The number of likely N-dealkylation sites (tertiary alicyclic amines) is 1. The molecular weight excluding hydrogens is 276 g/mol. The Labute approximate surface area is 130 Å². The highest BCUT2D eigenvalue weighted by Crippen LogP contribution is 2.33. The summed E-state index contributed by atoms with van der Waals surface area (Å²) in [7, 11) is 2.22. The lowest BCUT2D eigenvalue weighted by Crippen LogP contribution is -2.27. The molecule has 0 aliphatic carbocycles. The maximum atomic E-state index is 5.25. The molecule has 2 atom stereocenters. The number of fused-ring (bicyclic) bond motifs is 1. The maximum Gasteiger partial charge on any atom is 0.141 e. The van der Waals surface area contributed by atoms with Gasteiger partial charge < -0.3 is 14.3 Å². The summed E-state index contributed by atoms with van der Waals surface area (Å²) < 4.78 is 5.25. The number of hydrogen-bond acceptors (Lipinski definition) is 5. The fourth-order valence-corrected chi connectivity index (χ4v) is 4.03. The van der Waals surface area contributed by atoms with E-state index in [1.807, 2.05) is 20.0 Å². The lowest BCUT2D eigenvalue weighted by molar-refractivity contribution is 0.387. The third kappa shape index (κ3) is 2.20. The molecule has 2 aliphatic heterocycles. The Morgan fingerprint density at radius 1 is 1.09 bits per heavy atom. The molecule has 0 amide bonds. The second kappa shape index (κ2) is 5.09. The summed E-state index contributed by atoms with van der Waals surface area (Å²) in [5.41, 5.74) is 3.07. The van der Waals surface area contributed by atoms with E-state index < -0.39 is 0 Å². The fraction of sp³-hybridized carbons (Fsp3) is 0.529. The topological polar surface area (TPSA) is 45.4 Å². The molecule has 0 radical (unpaired) electrons. The van der Waals surface area contributed by atoms with E-state index in [0.717, 1.165) is 53.3 Å². The first-order chi connectivity index (χ1) is 10.6. The van der Waals surface area contributed by atoms with Crippen molar-refractivity contribution >= 4 is 5.82 Å². The van der Waals surface area contributed by atoms with E-state index in [4.69, 9.17) is 4.52 Å². The number of rotatable bonds is 2. The Morgan fingerprint density at radius 3 is 2.36 bits per heavy atom. The monoisotopic (exact) mass is 298 g/mol. The molecule has 0 N–H and O–H groups in total. The molecule has 0 spiro atoms. The third-order valence-electron chi connectivity index (χ3n) is 5.06. The third-order valence-corrected chi connectivity index (χ3v) is 5.06. The van der Waals surface area contributed by atoms with Crippen LogP contribution in [0, 0.1) is 25.7 Å². The van der Waals surface area contributed by atoms with E-state index in [-0.39, 0.29) is 0 Å². The summed E-state index contributed by atoms with van der Waals surface area (Å²) in [5.74, 6) is 3.54. The summed E-state index contributed by atoms with van der Waals surface area (Å²) in [5, 5.41) is 4.02. The summed E-state index contributed by atoms with van der Waals surface area (Å²) in [6.45, 7) is 8.62. The molecule has 2 aromatic heterocycles. The molecule has 22 heavy (non-hydrogen) atoms. The van der Waals surface area contributed by atoms with Crippen LogP contribution in [0.2, 0.25) is 0 Å². The van der Waals surface area contributed by atoms with Crippen LogP contribution in [0.4, 0.5) is 5.82 Å². The van der Waals surface area contributed by atoms with Crippen LogP contribution in [0.1, 0.15) is 11.5 Å². The highest BCUT2D eigenvalue weighted by molar-refractivity contribution is 5.67. The molecule has 2 aromatic rings. The first-order valence-corrected chi connectivity index (χ1v) is 7.94. The number of hydrogen-bond donors (Lipinski definition) is 0. The van der Waals surface area contributed by atoms with Crippen LogP contribution >= 0.6 is 0 Å². The molecular formula is C17H22N4O. The number of aromatic nitrogens is 2. The number of pyridine rings is 1. The van der Waals surface area contributed by atoms with Crippen LogP contribution in [0.5, 0.6) is 0 Å². The van der Waals surface area contributed by atoms with Gasteiger partial charge in [-0.15, -0.1) is 0 Å². The molecule has 0 saturated carbocycles. The molecule has 5 heteroatoms. The molecule has 2 aliphatic rings. The minimum Gasteiger partial charge on any atom is -0.361 e. The smallest absolute Gasteiger partial charge is 0.141 e. The largest absolute Gasteiger partial charge is 0.361 e. The quantitative estimate of drug-likeness (QED) is 0.851. The average Bonchev–Trinajstić information content (AvgIpc) is 3.12. The average molecular weight is 298 g/mol. The number of nitrogens with zero attached hydrogens (tertiary/aromatic N) is 4. The second-order valence-electron chi connectivity index (χ2n) is 6.75. The molecule has 2 unspecified atom stereocenters.